The summed E-state index contributed by atoms with van der Waals surface area (Å²) in [6.07, 6.45) is 1.68. The van der Waals surface area contributed by atoms with Gasteiger partial charge in [0.15, 0.2) is 10.3 Å². The molecule has 1 aromatic carbocycles. The molecule has 0 aliphatic heterocycles. The second-order valence-corrected chi connectivity index (χ2v) is 6.23. The number of hydrogen-bond acceptors (Lipinski definition) is 6. The summed E-state index contributed by atoms with van der Waals surface area (Å²) in [5.74, 6) is -0.162. The molecule has 5 nitrogen and oxygen atoms in total. The van der Waals surface area contributed by atoms with Gasteiger partial charge in [-0.2, -0.15) is 0 Å². The number of nitrogens with one attached hydrogen (secondary N) is 2. The number of carbonyl (C=O) groups is 1. The van der Waals surface area contributed by atoms with Crippen LogP contribution in [0.4, 0.5) is 10.3 Å². The molecule has 20 heavy (non-hydrogen) atoms. The van der Waals surface area contributed by atoms with Crippen molar-refractivity contribution in [3.63, 3.8) is 0 Å². The number of carbonyl (C=O) groups excluding carboxylic acids is 1. The van der Waals surface area contributed by atoms with E-state index in [1.54, 1.807) is 12.3 Å². The van der Waals surface area contributed by atoms with Crippen molar-refractivity contribution in [2.24, 2.45) is 0 Å². The highest BCUT2D eigenvalue weighted by Gasteiger charge is 2.08. The van der Waals surface area contributed by atoms with Crippen LogP contribution in [0.15, 0.2) is 29.8 Å². The van der Waals surface area contributed by atoms with Crippen LogP contribution in [-0.2, 0) is 4.79 Å². The summed E-state index contributed by atoms with van der Waals surface area (Å²) < 4.78 is 0.945. The van der Waals surface area contributed by atoms with Crippen molar-refractivity contribution in [2.75, 3.05) is 17.2 Å². The predicted octanol–water partition coefficient (Wildman–Crippen LogP) is 3.46. The Balaban J connectivity index is 1.65. The molecule has 3 aromatic rings. The fourth-order valence-electron chi connectivity index (χ4n) is 1.58. The number of aromatic nitrogens is 2. The highest BCUT2D eigenvalue weighted by Crippen LogP contribution is 2.28. The van der Waals surface area contributed by atoms with Gasteiger partial charge in [0.05, 0.1) is 16.8 Å². The zero-order chi connectivity index (χ0) is 13.9. The van der Waals surface area contributed by atoms with E-state index < -0.39 is 0 Å². The average Bonchev–Trinajstić information content (AvgIpc) is 3.04. The molecular formula is C12H9ClN4OS2. The molecule has 0 fully saturated rings. The molecule has 102 valence electrons. The fraction of sp³-hybridized carbons (Fsp3) is 0.0833. The molecule has 0 bridgehead atoms. The van der Waals surface area contributed by atoms with Gasteiger partial charge < -0.3 is 10.6 Å². The van der Waals surface area contributed by atoms with E-state index in [-0.39, 0.29) is 12.5 Å². The third kappa shape index (κ3) is 3.06. The summed E-state index contributed by atoms with van der Waals surface area (Å²) in [7, 11) is 0. The third-order valence-electron chi connectivity index (χ3n) is 2.43. The van der Waals surface area contributed by atoms with Gasteiger partial charge in [-0.05, 0) is 18.2 Å². The maximum atomic E-state index is 11.8. The molecule has 0 saturated carbocycles. The van der Waals surface area contributed by atoms with E-state index in [9.17, 15) is 4.79 Å². The molecule has 2 aromatic heterocycles. The van der Waals surface area contributed by atoms with Gasteiger partial charge in [0, 0.05) is 16.6 Å². The maximum absolute atomic E-state index is 11.8. The van der Waals surface area contributed by atoms with Gasteiger partial charge in [-0.1, -0.05) is 22.9 Å². The molecule has 0 unspecified atom stereocenters. The van der Waals surface area contributed by atoms with Gasteiger partial charge in [0.2, 0.25) is 5.91 Å². The SMILES string of the molecule is O=C(CNc1nccs1)Nc1nc2ccc(Cl)cc2s1. The van der Waals surface area contributed by atoms with Crippen molar-refractivity contribution in [1.82, 2.24) is 9.97 Å². The quantitative estimate of drug-likeness (QED) is 0.771. The highest BCUT2D eigenvalue weighted by atomic mass is 35.5. The Morgan fingerprint density at radius 3 is 3.05 bits per heavy atom. The average molecular weight is 325 g/mol. The Labute approximate surface area is 127 Å². The topological polar surface area (TPSA) is 66.9 Å². The van der Waals surface area contributed by atoms with Gasteiger partial charge in [0.1, 0.15) is 0 Å². The van der Waals surface area contributed by atoms with Crippen LogP contribution in [0.3, 0.4) is 0 Å². The van der Waals surface area contributed by atoms with Crippen LogP contribution in [0.2, 0.25) is 5.02 Å². The van der Waals surface area contributed by atoms with Crippen LogP contribution in [-0.4, -0.2) is 22.4 Å². The van der Waals surface area contributed by atoms with E-state index in [2.05, 4.69) is 20.6 Å². The Morgan fingerprint density at radius 2 is 2.25 bits per heavy atom. The van der Waals surface area contributed by atoms with Crippen molar-refractivity contribution in [3.8, 4) is 0 Å². The lowest BCUT2D eigenvalue weighted by Crippen LogP contribution is -2.21. The minimum atomic E-state index is -0.162. The van der Waals surface area contributed by atoms with Crippen LogP contribution in [0.5, 0.6) is 0 Å². The Hall–Kier alpha value is -1.70. The Kier molecular flexibility index (Phi) is 3.81. The molecule has 3 rings (SSSR count). The Morgan fingerprint density at radius 1 is 1.35 bits per heavy atom. The number of thiazole rings is 2. The summed E-state index contributed by atoms with van der Waals surface area (Å²) in [5.41, 5.74) is 0.822. The lowest BCUT2D eigenvalue weighted by atomic mass is 10.3. The van der Waals surface area contributed by atoms with Crippen LogP contribution >= 0.6 is 34.3 Å². The molecule has 0 spiro atoms. The lowest BCUT2D eigenvalue weighted by Gasteiger charge is -2.02. The van der Waals surface area contributed by atoms with E-state index in [0.29, 0.717) is 10.2 Å². The molecule has 1 amide bonds. The first-order valence-corrected chi connectivity index (χ1v) is 7.77. The van der Waals surface area contributed by atoms with E-state index in [0.717, 1.165) is 15.3 Å². The molecule has 2 heterocycles. The van der Waals surface area contributed by atoms with Crippen molar-refractivity contribution in [3.05, 3.63) is 34.8 Å². The molecular weight excluding hydrogens is 316 g/mol. The normalized spacial score (nSPS) is 10.7. The summed E-state index contributed by atoms with van der Waals surface area (Å²) in [6.45, 7) is 0.157. The van der Waals surface area contributed by atoms with Crippen LogP contribution in [0, 0.1) is 0 Å². The van der Waals surface area contributed by atoms with Crippen LogP contribution in [0.25, 0.3) is 10.2 Å². The summed E-state index contributed by atoms with van der Waals surface area (Å²) in [5, 5.41) is 9.48. The number of nitrogens with zero attached hydrogens (tertiary/aromatic N) is 2. The monoisotopic (exact) mass is 324 g/mol. The van der Waals surface area contributed by atoms with E-state index in [4.69, 9.17) is 11.6 Å². The molecule has 8 heteroatoms. The van der Waals surface area contributed by atoms with Crippen molar-refractivity contribution >= 4 is 60.7 Å². The van der Waals surface area contributed by atoms with Gasteiger partial charge in [-0.15, -0.1) is 11.3 Å². The lowest BCUT2D eigenvalue weighted by molar-refractivity contribution is -0.114. The van der Waals surface area contributed by atoms with Gasteiger partial charge >= 0.3 is 0 Å². The standard InChI is InChI=1S/C12H9ClN4OS2/c13-7-1-2-8-9(5-7)20-12(16-8)17-10(18)6-15-11-14-3-4-19-11/h1-5H,6H2,(H,14,15)(H,16,17,18). The van der Waals surface area contributed by atoms with Crippen LogP contribution < -0.4 is 10.6 Å². The second-order valence-electron chi connectivity index (χ2n) is 3.87. The number of hydrogen-bond donors (Lipinski definition) is 2. The minimum absolute atomic E-state index is 0.157. The molecule has 2 N–H and O–H groups in total. The van der Waals surface area contributed by atoms with Crippen molar-refractivity contribution in [2.45, 2.75) is 0 Å². The number of anilines is 2. The number of halogens is 1. The van der Waals surface area contributed by atoms with Gasteiger partial charge in [-0.3, -0.25) is 4.79 Å². The molecule has 0 aliphatic carbocycles. The third-order valence-corrected chi connectivity index (χ3v) is 4.33. The maximum Gasteiger partial charge on any atom is 0.245 e. The fourth-order valence-corrected chi connectivity index (χ4v) is 3.27. The van der Waals surface area contributed by atoms with Crippen LogP contribution in [0.1, 0.15) is 0 Å². The number of amides is 1. The largest absolute Gasteiger partial charge is 0.352 e. The van der Waals surface area contributed by atoms with Crippen molar-refractivity contribution < 1.29 is 4.79 Å². The van der Waals surface area contributed by atoms with E-state index >= 15 is 0 Å². The molecule has 0 radical (unpaired) electrons. The molecule has 0 aliphatic rings. The van der Waals surface area contributed by atoms with E-state index in [1.165, 1.54) is 22.7 Å². The first kappa shape index (κ1) is 13.3. The zero-order valence-electron chi connectivity index (χ0n) is 10.1. The first-order valence-electron chi connectivity index (χ1n) is 5.70. The second kappa shape index (κ2) is 5.74. The minimum Gasteiger partial charge on any atom is -0.352 e. The molecule has 0 atom stereocenters. The van der Waals surface area contributed by atoms with Gasteiger partial charge in [-0.25, -0.2) is 9.97 Å². The number of fused-ring (bicyclic) bond motifs is 1. The predicted molar refractivity (Wildman–Crippen MR) is 83.9 cm³/mol. The van der Waals surface area contributed by atoms with Gasteiger partial charge in [0.25, 0.3) is 0 Å². The Bertz CT molecular complexity index is 741. The number of rotatable bonds is 4. The summed E-state index contributed by atoms with van der Waals surface area (Å²) in [6, 6.07) is 5.44. The molecule has 0 saturated heterocycles. The first-order chi connectivity index (χ1) is 9.70. The zero-order valence-corrected chi connectivity index (χ0v) is 12.5. The van der Waals surface area contributed by atoms with E-state index in [1.807, 2.05) is 17.5 Å². The number of benzene rings is 1. The smallest absolute Gasteiger partial charge is 0.245 e. The summed E-state index contributed by atoms with van der Waals surface area (Å²) in [4.78, 5) is 20.2. The summed E-state index contributed by atoms with van der Waals surface area (Å²) >= 11 is 8.76. The van der Waals surface area contributed by atoms with Crippen molar-refractivity contribution in [1.29, 1.82) is 0 Å². The highest BCUT2D eigenvalue weighted by molar-refractivity contribution is 7.22.